The minimum atomic E-state index is -1.06. The Labute approximate surface area is 98.2 Å². The van der Waals surface area contributed by atoms with Crippen molar-refractivity contribution >= 4 is 23.5 Å². The first-order valence-corrected chi connectivity index (χ1v) is 5.11. The van der Waals surface area contributed by atoms with Crippen molar-refractivity contribution < 1.29 is 14.7 Å². The molecule has 0 saturated heterocycles. The highest BCUT2D eigenvalue weighted by Gasteiger charge is 2.18. The van der Waals surface area contributed by atoms with Crippen LogP contribution >= 0.6 is 11.6 Å². The van der Waals surface area contributed by atoms with Gasteiger partial charge in [0.1, 0.15) is 6.04 Å². The van der Waals surface area contributed by atoms with Gasteiger partial charge < -0.3 is 10.4 Å². The quantitative estimate of drug-likeness (QED) is 0.839. The van der Waals surface area contributed by atoms with Crippen LogP contribution in [0.4, 0.5) is 0 Å². The van der Waals surface area contributed by atoms with Gasteiger partial charge in [0.2, 0.25) is 5.91 Å². The number of rotatable bonds is 4. The molecule has 0 spiro atoms. The second-order valence-electron chi connectivity index (χ2n) is 3.43. The van der Waals surface area contributed by atoms with E-state index in [9.17, 15) is 9.59 Å². The number of benzene rings is 1. The first kappa shape index (κ1) is 12.5. The summed E-state index contributed by atoms with van der Waals surface area (Å²) in [6, 6.07) is 5.97. The van der Waals surface area contributed by atoms with Crippen LogP contribution in [0.3, 0.4) is 0 Å². The number of carbonyl (C=O) groups excluding carboxylic acids is 1. The molecule has 1 aromatic rings. The third-order valence-electron chi connectivity index (χ3n) is 2.00. The molecule has 0 aliphatic heterocycles. The molecule has 0 aliphatic carbocycles. The van der Waals surface area contributed by atoms with Gasteiger partial charge in [0.15, 0.2) is 0 Å². The molecule has 0 bridgehead atoms. The Kier molecular flexibility index (Phi) is 4.31. The summed E-state index contributed by atoms with van der Waals surface area (Å²) in [5, 5.41) is 11.8. The van der Waals surface area contributed by atoms with Crippen LogP contribution in [0, 0.1) is 0 Å². The van der Waals surface area contributed by atoms with Crippen molar-refractivity contribution in [2.45, 2.75) is 19.4 Å². The minimum absolute atomic E-state index is 0.218. The smallest absolute Gasteiger partial charge is 0.326 e. The van der Waals surface area contributed by atoms with E-state index < -0.39 is 12.0 Å². The summed E-state index contributed by atoms with van der Waals surface area (Å²) in [5.41, 5.74) is 0.772. The number of hydrogen-bond donors (Lipinski definition) is 2. The van der Waals surface area contributed by atoms with Crippen molar-refractivity contribution in [3.05, 3.63) is 34.9 Å². The predicted octanol–water partition coefficient (Wildman–Crippen LogP) is 1.47. The Morgan fingerprint density at radius 2 is 2.19 bits per heavy atom. The molecular formula is C11H12ClNO3. The van der Waals surface area contributed by atoms with Crippen LogP contribution in [0.1, 0.15) is 12.5 Å². The van der Waals surface area contributed by atoms with Crippen LogP contribution in [0.15, 0.2) is 24.3 Å². The van der Waals surface area contributed by atoms with Crippen LogP contribution in [0.5, 0.6) is 0 Å². The Bertz CT molecular complexity index is 406. The number of halogens is 1. The zero-order valence-electron chi connectivity index (χ0n) is 8.74. The van der Waals surface area contributed by atoms with Crippen LogP contribution < -0.4 is 5.32 Å². The highest BCUT2D eigenvalue weighted by atomic mass is 35.5. The lowest BCUT2D eigenvalue weighted by molar-refractivity contribution is -0.141. The maximum atomic E-state index is 10.9. The van der Waals surface area contributed by atoms with Gasteiger partial charge in [-0.2, -0.15) is 0 Å². The third-order valence-corrected chi connectivity index (χ3v) is 2.24. The minimum Gasteiger partial charge on any atom is -0.480 e. The zero-order chi connectivity index (χ0) is 12.1. The Hall–Kier alpha value is -1.55. The number of hydrogen-bond acceptors (Lipinski definition) is 2. The summed E-state index contributed by atoms with van der Waals surface area (Å²) in [5.74, 6) is -1.43. The molecule has 86 valence electrons. The molecule has 0 aliphatic rings. The van der Waals surface area contributed by atoms with Crippen molar-refractivity contribution in [1.29, 1.82) is 0 Å². The van der Waals surface area contributed by atoms with Gasteiger partial charge in [0, 0.05) is 18.4 Å². The van der Waals surface area contributed by atoms with Gasteiger partial charge in [0.25, 0.3) is 0 Å². The van der Waals surface area contributed by atoms with Gasteiger partial charge in [-0.25, -0.2) is 4.79 Å². The average Bonchev–Trinajstić information content (AvgIpc) is 2.15. The molecule has 0 radical (unpaired) electrons. The first-order chi connectivity index (χ1) is 7.49. The highest BCUT2D eigenvalue weighted by molar-refractivity contribution is 6.30. The molecule has 0 fully saturated rings. The summed E-state index contributed by atoms with van der Waals surface area (Å²) in [4.78, 5) is 21.7. The van der Waals surface area contributed by atoms with Crippen molar-refractivity contribution in [2.24, 2.45) is 0 Å². The highest BCUT2D eigenvalue weighted by Crippen LogP contribution is 2.12. The zero-order valence-corrected chi connectivity index (χ0v) is 9.49. The molecule has 2 N–H and O–H groups in total. The number of aliphatic carboxylic acids is 1. The van der Waals surface area contributed by atoms with Crippen molar-refractivity contribution in [3.63, 3.8) is 0 Å². The second-order valence-corrected chi connectivity index (χ2v) is 3.86. The number of nitrogens with one attached hydrogen (secondary N) is 1. The van der Waals surface area contributed by atoms with E-state index in [0.29, 0.717) is 5.02 Å². The summed E-state index contributed by atoms with van der Waals surface area (Å²) in [6.07, 6.45) is 0.218. The van der Waals surface area contributed by atoms with Crippen LogP contribution in [0.2, 0.25) is 5.02 Å². The molecule has 1 rings (SSSR count). The van der Waals surface area contributed by atoms with Gasteiger partial charge in [0.05, 0.1) is 0 Å². The number of carboxylic acid groups (broad SMARTS) is 1. The lowest BCUT2D eigenvalue weighted by Gasteiger charge is -2.13. The molecular weight excluding hydrogens is 230 g/mol. The van der Waals surface area contributed by atoms with E-state index in [4.69, 9.17) is 16.7 Å². The number of carbonyl (C=O) groups is 2. The Morgan fingerprint density at radius 3 is 2.69 bits per heavy atom. The van der Waals surface area contributed by atoms with Gasteiger partial charge in [-0.1, -0.05) is 23.7 Å². The maximum absolute atomic E-state index is 10.9. The molecule has 0 heterocycles. The molecule has 16 heavy (non-hydrogen) atoms. The Morgan fingerprint density at radius 1 is 1.50 bits per heavy atom. The van der Waals surface area contributed by atoms with Crippen LogP contribution in [-0.2, 0) is 16.0 Å². The molecule has 0 aromatic heterocycles. The first-order valence-electron chi connectivity index (χ1n) is 4.73. The standard InChI is InChI=1S/C11H12ClNO3/c1-7(14)13-10(11(15)16)6-8-3-2-4-9(12)5-8/h2-5,10H,6H2,1H3,(H,13,14)(H,15,16). The summed E-state index contributed by atoms with van der Waals surface area (Å²) >= 11 is 5.78. The lowest BCUT2D eigenvalue weighted by atomic mass is 10.1. The number of carboxylic acids is 1. The normalized spacial score (nSPS) is 11.9. The Balaban J connectivity index is 2.75. The maximum Gasteiger partial charge on any atom is 0.326 e. The van der Waals surface area contributed by atoms with E-state index in [1.807, 2.05) is 0 Å². The molecule has 4 nitrogen and oxygen atoms in total. The molecule has 5 heteroatoms. The third kappa shape index (κ3) is 3.90. The van der Waals surface area contributed by atoms with E-state index in [2.05, 4.69) is 5.32 Å². The fourth-order valence-corrected chi connectivity index (χ4v) is 1.56. The monoisotopic (exact) mass is 241 g/mol. The summed E-state index contributed by atoms with van der Waals surface area (Å²) < 4.78 is 0. The van der Waals surface area contributed by atoms with E-state index in [0.717, 1.165) is 5.56 Å². The summed E-state index contributed by atoms with van der Waals surface area (Å²) in [7, 11) is 0. The average molecular weight is 242 g/mol. The largest absolute Gasteiger partial charge is 0.480 e. The predicted molar refractivity (Wildman–Crippen MR) is 60.4 cm³/mol. The second kappa shape index (κ2) is 5.51. The van der Waals surface area contributed by atoms with Crippen molar-refractivity contribution in [1.82, 2.24) is 5.32 Å². The lowest BCUT2D eigenvalue weighted by Crippen LogP contribution is -2.41. The van der Waals surface area contributed by atoms with E-state index in [1.54, 1.807) is 24.3 Å². The van der Waals surface area contributed by atoms with Crippen molar-refractivity contribution in [2.75, 3.05) is 0 Å². The number of amides is 1. The summed E-state index contributed by atoms with van der Waals surface area (Å²) in [6.45, 7) is 1.29. The van der Waals surface area contributed by atoms with Gasteiger partial charge in [-0.3, -0.25) is 4.79 Å². The fourth-order valence-electron chi connectivity index (χ4n) is 1.35. The molecule has 1 amide bonds. The van der Waals surface area contributed by atoms with Crippen molar-refractivity contribution in [3.8, 4) is 0 Å². The topological polar surface area (TPSA) is 66.4 Å². The molecule has 0 saturated carbocycles. The van der Waals surface area contributed by atoms with E-state index >= 15 is 0 Å². The van der Waals surface area contributed by atoms with Crippen LogP contribution in [0.25, 0.3) is 0 Å². The van der Waals surface area contributed by atoms with E-state index in [1.165, 1.54) is 6.92 Å². The van der Waals surface area contributed by atoms with Gasteiger partial charge >= 0.3 is 5.97 Å². The van der Waals surface area contributed by atoms with Crippen LogP contribution in [-0.4, -0.2) is 23.0 Å². The molecule has 1 aromatic carbocycles. The molecule has 1 unspecified atom stereocenters. The van der Waals surface area contributed by atoms with E-state index in [-0.39, 0.29) is 12.3 Å². The molecule has 1 atom stereocenters. The fraction of sp³-hybridized carbons (Fsp3) is 0.273. The van der Waals surface area contributed by atoms with Gasteiger partial charge in [-0.05, 0) is 17.7 Å². The van der Waals surface area contributed by atoms with Gasteiger partial charge in [-0.15, -0.1) is 0 Å². The SMILES string of the molecule is CC(=O)NC(Cc1cccc(Cl)c1)C(=O)O.